The molecule has 0 radical (unpaired) electrons. The minimum atomic E-state index is -1.04. The number of hydrogen-bond donors (Lipinski definition) is 2. The SMILES string of the molecule is O=C(O)c1ccc(CNC(=O)c2cc(-c3cc(F)cc(F)c3)cn3cnc(Cc4cccc(Cl)c4)c23)cc1. The van der Waals surface area contributed by atoms with E-state index in [4.69, 9.17) is 16.7 Å². The number of aromatic nitrogens is 2. The fraction of sp³-hybridized carbons (Fsp3) is 0.0690. The molecule has 0 unspecified atom stereocenters. The second kappa shape index (κ2) is 10.4. The average Bonchev–Trinajstić information content (AvgIpc) is 3.29. The number of pyridine rings is 1. The Morgan fingerprint density at radius 1 is 0.921 bits per heavy atom. The van der Waals surface area contributed by atoms with Gasteiger partial charge in [0.15, 0.2) is 0 Å². The summed E-state index contributed by atoms with van der Waals surface area (Å²) in [5, 5.41) is 12.5. The van der Waals surface area contributed by atoms with Gasteiger partial charge in [-0.1, -0.05) is 35.9 Å². The van der Waals surface area contributed by atoms with Gasteiger partial charge in [0.1, 0.15) is 11.6 Å². The molecule has 9 heteroatoms. The predicted octanol–water partition coefficient (Wildman–Crippen LogP) is 6.15. The van der Waals surface area contributed by atoms with Gasteiger partial charge in [-0.3, -0.25) is 4.79 Å². The highest BCUT2D eigenvalue weighted by Gasteiger charge is 2.19. The number of imidazole rings is 1. The molecule has 5 rings (SSSR count). The molecule has 0 fully saturated rings. The third kappa shape index (κ3) is 5.40. The molecular formula is C29H20ClF2N3O3. The van der Waals surface area contributed by atoms with Crippen LogP contribution < -0.4 is 5.32 Å². The van der Waals surface area contributed by atoms with Crippen molar-refractivity contribution >= 4 is 29.0 Å². The van der Waals surface area contributed by atoms with Crippen LogP contribution in [0.5, 0.6) is 0 Å². The summed E-state index contributed by atoms with van der Waals surface area (Å²) in [5.41, 5.74) is 3.89. The first-order valence-corrected chi connectivity index (χ1v) is 12.0. The number of nitrogens with one attached hydrogen (secondary N) is 1. The first kappa shape index (κ1) is 25.1. The Hall–Kier alpha value is -4.56. The molecule has 1 amide bonds. The highest BCUT2D eigenvalue weighted by Crippen LogP contribution is 2.28. The Kier molecular flexibility index (Phi) is 6.89. The topological polar surface area (TPSA) is 83.7 Å². The van der Waals surface area contributed by atoms with E-state index in [1.54, 1.807) is 41.2 Å². The number of amides is 1. The van der Waals surface area contributed by atoms with E-state index in [9.17, 15) is 18.4 Å². The van der Waals surface area contributed by atoms with Gasteiger partial charge in [-0.2, -0.15) is 0 Å². The van der Waals surface area contributed by atoms with E-state index in [0.29, 0.717) is 33.8 Å². The molecule has 190 valence electrons. The maximum Gasteiger partial charge on any atom is 0.335 e. The lowest BCUT2D eigenvalue weighted by Gasteiger charge is -2.12. The van der Waals surface area contributed by atoms with Gasteiger partial charge in [-0.25, -0.2) is 18.6 Å². The fourth-order valence-corrected chi connectivity index (χ4v) is 4.48. The third-order valence-electron chi connectivity index (χ3n) is 6.06. The number of aromatic carboxylic acids is 1. The summed E-state index contributed by atoms with van der Waals surface area (Å²) in [6.45, 7) is 0.140. The van der Waals surface area contributed by atoms with Gasteiger partial charge in [0.2, 0.25) is 0 Å². The van der Waals surface area contributed by atoms with E-state index in [2.05, 4.69) is 10.3 Å². The van der Waals surface area contributed by atoms with Crippen molar-refractivity contribution in [3.05, 3.63) is 130 Å². The summed E-state index contributed by atoms with van der Waals surface area (Å²) < 4.78 is 29.6. The molecule has 5 aromatic rings. The number of hydrogen-bond acceptors (Lipinski definition) is 3. The molecule has 38 heavy (non-hydrogen) atoms. The Morgan fingerprint density at radius 3 is 2.34 bits per heavy atom. The number of carboxylic acids is 1. The van der Waals surface area contributed by atoms with Gasteiger partial charge in [0.05, 0.1) is 28.7 Å². The number of halogens is 3. The highest BCUT2D eigenvalue weighted by atomic mass is 35.5. The van der Waals surface area contributed by atoms with E-state index in [0.717, 1.165) is 11.6 Å². The first-order valence-electron chi connectivity index (χ1n) is 11.6. The van der Waals surface area contributed by atoms with Crippen LogP contribution in [0.4, 0.5) is 8.78 Å². The van der Waals surface area contributed by atoms with Crippen LogP contribution in [0.1, 0.15) is 37.5 Å². The van der Waals surface area contributed by atoms with Crippen LogP contribution >= 0.6 is 11.6 Å². The van der Waals surface area contributed by atoms with E-state index in [1.165, 1.54) is 24.3 Å². The molecule has 0 aliphatic rings. The standard InChI is InChI=1S/C29H20ClF2N3O3/c30-22-3-1-2-18(8-22)9-26-27-25(28(36)33-14-17-4-6-19(7-5-17)29(37)38)12-21(15-35(27)16-34-26)20-10-23(31)13-24(32)11-20/h1-8,10-13,15-16H,9,14H2,(H,33,36)(H,37,38). The van der Waals surface area contributed by atoms with Gasteiger partial charge in [-0.05, 0) is 64.7 Å². The molecule has 0 saturated heterocycles. The molecule has 3 aromatic carbocycles. The van der Waals surface area contributed by atoms with E-state index < -0.39 is 23.5 Å². The minimum Gasteiger partial charge on any atom is -0.478 e. The quantitative estimate of drug-likeness (QED) is 0.264. The highest BCUT2D eigenvalue weighted by molar-refractivity contribution is 6.30. The van der Waals surface area contributed by atoms with Gasteiger partial charge < -0.3 is 14.8 Å². The van der Waals surface area contributed by atoms with Crippen molar-refractivity contribution in [1.82, 2.24) is 14.7 Å². The number of benzene rings is 3. The molecule has 0 atom stereocenters. The van der Waals surface area contributed by atoms with Crippen LogP contribution in [0.3, 0.4) is 0 Å². The monoisotopic (exact) mass is 531 g/mol. The summed E-state index contributed by atoms with van der Waals surface area (Å²) in [6.07, 6.45) is 3.62. The Morgan fingerprint density at radius 2 is 1.66 bits per heavy atom. The lowest BCUT2D eigenvalue weighted by Crippen LogP contribution is -2.23. The van der Waals surface area contributed by atoms with Crippen LogP contribution in [0.2, 0.25) is 5.02 Å². The maximum absolute atomic E-state index is 14.0. The van der Waals surface area contributed by atoms with Crippen LogP contribution in [0, 0.1) is 11.6 Å². The number of rotatable bonds is 7. The number of carboxylic acid groups (broad SMARTS) is 1. The normalized spacial score (nSPS) is 11.0. The van der Waals surface area contributed by atoms with Crippen LogP contribution in [0.15, 0.2) is 85.3 Å². The first-order chi connectivity index (χ1) is 18.3. The number of fused-ring (bicyclic) bond motifs is 1. The van der Waals surface area contributed by atoms with Gasteiger partial charge in [-0.15, -0.1) is 0 Å². The molecule has 6 nitrogen and oxygen atoms in total. The van der Waals surface area contributed by atoms with Crippen molar-refractivity contribution in [2.45, 2.75) is 13.0 Å². The third-order valence-corrected chi connectivity index (χ3v) is 6.29. The molecule has 0 saturated carbocycles. The van der Waals surface area contributed by atoms with Crippen LogP contribution in [-0.4, -0.2) is 26.4 Å². The van der Waals surface area contributed by atoms with Gasteiger partial charge in [0, 0.05) is 30.3 Å². The molecule has 0 bridgehead atoms. The van der Waals surface area contributed by atoms with E-state index in [-0.39, 0.29) is 23.2 Å². The van der Waals surface area contributed by atoms with Crippen LogP contribution in [0.25, 0.3) is 16.6 Å². The zero-order valence-electron chi connectivity index (χ0n) is 19.8. The lowest BCUT2D eigenvalue weighted by molar-refractivity contribution is 0.0696. The van der Waals surface area contributed by atoms with Crippen molar-refractivity contribution in [1.29, 1.82) is 0 Å². The summed E-state index contributed by atoms with van der Waals surface area (Å²) in [5.74, 6) is -2.93. The number of carbonyl (C=O) groups excluding carboxylic acids is 1. The predicted molar refractivity (Wildman–Crippen MR) is 139 cm³/mol. The van der Waals surface area contributed by atoms with Crippen LogP contribution in [-0.2, 0) is 13.0 Å². The smallest absolute Gasteiger partial charge is 0.335 e. The second-order valence-electron chi connectivity index (χ2n) is 8.74. The lowest BCUT2D eigenvalue weighted by atomic mass is 10.0. The van der Waals surface area contributed by atoms with Gasteiger partial charge >= 0.3 is 5.97 Å². The Bertz CT molecular complexity index is 1660. The fourth-order valence-electron chi connectivity index (χ4n) is 4.27. The summed E-state index contributed by atoms with van der Waals surface area (Å²) >= 11 is 6.14. The largest absolute Gasteiger partial charge is 0.478 e. The van der Waals surface area contributed by atoms with Crippen molar-refractivity contribution in [3.8, 4) is 11.1 Å². The molecule has 2 aromatic heterocycles. The Balaban J connectivity index is 1.54. The van der Waals surface area contributed by atoms with E-state index >= 15 is 0 Å². The van der Waals surface area contributed by atoms with Gasteiger partial charge in [0.25, 0.3) is 5.91 Å². The molecule has 2 N–H and O–H groups in total. The summed E-state index contributed by atoms with van der Waals surface area (Å²) in [7, 11) is 0. The Labute approximate surface area is 221 Å². The zero-order valence-corrected chi connectivity index (χ0v) is 20.5. The maximum atomic E-state index is 14.0. The van der Waals surface area contributed by atoms with Crippen molar-refractivity contribution in [3.63, 3.8) is 0 Å². The average molecular weight is 532 g/mol. The number of carbonyl (C=O) groups is 2. The molecule has 0 aliphatic heterocycles. The summed E-state index contributed by atoms with van der Waals surface area (Å²) in [6, 6.07) is 18.2. The molecule has 2 heterocycles. The summed E-state index contributed by atoms with van der Waals surface area (Å²) in [4.78, 5) is 29.1. The van der Waals surface area contributed by atoms with Crippen molar-refractivity contribution in [2.75, 3.05) is 0 Å². The molecule has 0 spiro atoms. The zero-order chi connectivity index (χ0) is 26.8. The number of nitrogens with zero attached hydrogens (tertiary/aromatic N) is 2. The van der Waals surface area contributed by atoms with E-state index in [1.807, 2.05) is 18.2 Å². The second-order valence-corrected chi connectivity index (χ2v) is 9.18. The van der Waals surface area contributed by atoms with Crippen molar-refractivity contribution in [2.24, 2.45) is 0 Å². The minimum absolute atomic E-state index is 0.140. The molecular weight excluding hydrogens is 512 g/mol. The van der Waals surface area contributed by atoms with Crippen molar-refractivity contribution < 1.29 is 23.5 Å². The molecule has 0 aliphatic carbocycles.